The average Bonchev–Trinajstić information content (AvgIpc) is 2.52. The van der Waals surface area contributed by atoms with Crippen molar-refractivity contribution >= 4 is 5.97 Å². The molecule has 0 spiro atoms. The van der Waals surface area contributed by atoms with Gasteiger partial charge in [-0.2, -0.15) is 0 Å². The van der Waals surface area contributed by atoms with Crippen molar-refractivity contribution in [1.29, 1.82) is 0 Å². The topological polar surface area (TPSA) is 96.2 Å². The van der Waals surface area contributed by atoms with Gasteiger partial charge in [-0.05, 0) is 18.9 Å². The van der Waals surface area contributed by atoms with Crippen LogP contribution in [0.4, 0.5) is 0 Å². The third-order valence-corrected chi connectivity index (χ3v) is 3.12. The summed E-state index contributed by atoms with van der Waals surface area (Å²) >= 11 is 0. The molecule has 0 aromatic heterocycles. The molecule has 0 aliphatic heterocycles. The van der Waals surface area contributed by atoms with E-state index in [4.69, 9.17) is 19.7 Å². The van der Waals surface area contributed by atoms with E-state index in [9.17, 15) is 9.90 Å². The molecule has 0 saturated heterocycles. The Kier molecular flexibility index (Phi) is 8.21. The number of rotatable bonds is 10. The largest absolute Gasteiger partial charge is 0.491 e. The van der Waals surface area contributed by atoms with E-state index >= 15 is 0 Å². The zero-order chi connectivity index (χ0) is 16.4. The van der Waals surface area contributed by atoms with E-state index in [1.54, 1.807) is 24.3 Å². The molecule has 1 rings (SSSR count). The Labute approximate surface area is 129 Å². The average molecular weight is 310 g/mol. The summed E-state index contributed by atoms with van der Waals surface area (Å²) in [6, 6.07) is 7.00. The minimum absolute atomic E-state index is 0.113. The first-order valence-corrected chi connectivity index (χ1v) is 7.03. The highest BCUT2D eigenvalue weighted by atomic mass is 16.5. The number of carboxylic acid groups (broad SMARTS) is 1. The zero-order valence-corrected chi connectivity index (χ0v) is 12.5. The third kappa shape index (κ3) is 5.85. The molecular formula is C16H22O6. The smallest absolute Gasteiger partial charge is 0.327 e. The number of ether oxygens (including phenoxy) is 2. The Morgan fingerprint density at radius 2 is 2.09 bits per heavy atom. The summed E-state index contributed by atoms with van der Waals surface area (Å²) in [5.74, 6) is -0.510. The number of aliphatic carboxylic acids is 1. The molecule has 0 aliphatic rings. The molecule has 122 valence electrons. The van der Waals surface area contributed by atoms with Gasteiger partial charge in [-0.1, -0.05) is 24.3 Å². The second kappa shape index (κ2) is 9.94. The Morgan fingerprint density at radius 1 is 1.36 bits per heavy atom. The lowest BCUT2D eigenvalue weighted by atomic mass is 9.99. The van der Waals surface area contributed by atoms with Gasteiger partial charge in [0.05, 0.1) is 12.7 Å². The maximum Gasteiger partial charge on any atom is 0.327 e. The molecule has 0 fully saturated rings. The summed E-state index contributed by atoms with van der Waals surface area (Å²) in [5, 5.41) is 27.8. The summed E-state index contributed by atoms with van der Waals surface area (Å²) in [4.78, 5) is 10.4. The Morgan fingerprint density at radius 3 is 2.73 bits per heavy atom. The second-order valence-corrected chi connectivity index (χ2v) is 4.65. The maximum absolute atomic E-state index is 10.5. The maximum atomic E-state index is 10.5. The van der Waals surface area contributed by atoms with E-state index < -0.39 is 18.2 Å². The molecule has 0 amide bonds. The molecule has 0 heterocycles. The first-order chi connectivity index (χ1) is 10.6. The van der Waals surface area contributed by atoms with E-state index in [0.29, 0.717) is 24.2 Å². The number of para-hydroxylation sites is 1. The molecule has 0 unspecified atom stereocenters. The van der Waals surface area contributed by atoms with Crippen LogP contribution in [-0.2, 0) is 9.53 Å². The fourth-order valence-corrected chi connectivity index (χ4v) is 2.06. The van der Waals surface area contributed by atoms with Crippen LogP contribution in [0.1, 0.15) is 24.5 Å². The predicted octanol–water partition coefficient (Wildman–Crippen LogP) is 1.53. The quantitative estimate of drug-likeness (QED) is 0.567. The highest BCUT2D eigenvalue weighted by Gasteiger charge is 2.23. The van der Waals surface area contributed by atoms with Gasteiger partial charge in [0.2, 0.25) is 0 Å². The molecule has 0 bridgehead atoms. The highest BCUT2D eigenvalue weighted by molar-refractivity contribution is 5.79. The zero-order valence-electron chi connectivity index (χ0n) is 12.5. The monoisotopic (exact) mass is 310 g/mol. The van der Waals surface area contributed by atoms with Crippen molar-refractivity contribution in [2.45, 2.75) is 25.0 Å². The molecule has 6 heteroatoms. The SMILES string of the molecule is CO[C@H](CC/C=C/C(=O)O)[C@H](O)c1ccccc1OCCO. The van der Waals surface area contributed by atoms with Crippen LogP contribution in [0, 0.1) is 0 Å². The Balaban J connectivity index is 2.74. The number of methoxy groups -OCH3 is 1. The third-order valence-electron chi connectivity index (χ3n) is 3.12. The lowest BCUT2D eigenvalue weighted by Crippen LogP contribution is -2.21. The Bertz CT molecular complexity index is 485. The van der Waals surface area contributed by atoms with Crippen LogP contribution in [0.3, 0.4) is 0 Å². The molecule has 2 atom stereocenters. The summed E-state index contributed by atoms with van der Waals surface area (Å²) in [5.41, 5.74) is 0.574. The van der Waals surface area contributed by atoms with E-state index in [-0.39, 0.29) is 13.2 Å². The van der Waals surface area contributed by atoms with Gasteiger partial charge in [0, 0.05) is 18.7 Å². The van der Waals surface area contributed by atoms with Gasteiger partial charge in [0.1, 0.15) is 18.5 Å². The highest BCUT2D eigenvalue weighted by Crippen LogP contribution is 2.30. The van der Waals surface area contributed by atoms with Crippen molar-refractivity contribution in [2.75, 3.05) is 20.3 Å². The number of allylic oxidation sites excluding steroid dienone is 1. The van der Waals surface area contributed by atoms with Crippen LogP contribution in [0.5, 0.6) is 5.75 Å². The van der Waals surface area contributed by atoms with Crippen molar-refractivity contribution in [2.24, 2.45) is 0 Å². The number of carboxylic acids is 1. The lowest BCUT2D eigenvalue weighted by Gasteiger charge is -2.23. The molecule has 0 saturated carbocycles. The van der Waals surface area contributed by atoms with Gasteiger partial charge in [-0.15, -0.1) is 0 Å². The van der Waals surface area contributed by atoms with Crippen LogP contribution in [0.2, 0.25) is 0 Å². The molecule has 6 nitrogen and oxygen atoms in total. The number of aliphatic hydroxyl groups is 2. The molecule has 0 aliphatic carbocycles. The molecule has 0 radical (unpaired) electrons. The van der Waals surface area contributed by atoms with Crippen LogP contribution >= 0.6 is 0 Å². The summed E-state index contributed by atoms with van der Waals surface area (Å²) in [6.45, 7) is 0.0286. The summed E-state index contributed by atoms with van der Waals surface area (Å²) in [7, 11) is 1.49. The molecule has 3 N–H and O–H groups in total. The molecular weight excluding hydrogens is 288 g/mol. The fraction of sp³-hybridized carbons (Fsp3) is 0.438. The standard InChI is InChI=1S/C16H22O6/c1-21-14(8-4-5-9-15(18)19)16(20)12-6-2-3-7-13(12)22-11-10-17/h2-3,5-7,9,14,16-17,20H,4,8,10-11H2,1H3,(H,18,19)/b9-5+/t14-,16-/m1/s1. The van der Waals surface area contributed by atoms with Crippen LogP contribution in [0.15, 0.2) is 36.4 Å². The van der Waals surface area contributed by atoms with Crippen LogP contribution in [-0.4, -0.2) is 47.7 Å². The van der Waals surface area contributed by atoms with Gasteiger partial charge in [0.15, 0.2) is 0 Å². The van der Waals surface area contributed by atoms with Crippen LogP contribution in [0.25, 0.3) is 0 Å². The van der Waals surface area contributed by atoms with Crippen molar-refractivity contribution in [1.82, 2.24) is 0 Å². The first kappa shape index (κ1) is 18.2. The minimum Gasteiger partial charge on any atom is -0.491 e. The normalized spacial score (nSPS) is 14.0. The van der Waals surface area contributed by atoms with Gasteiger partial charge in [0.25, 0.3) is 0 Å². The van der Waals surface area contributed by atoms with Gasteiger partial charge in [-0.25, -0.2) is 4.79 Å². The first-order valence-electron chi connectivity index (χ1n) is 7.03. The van der Waals surface area contributed by atoms with Gasteiger partial charge >= 0.3 is 5.97 Å². The van der Waals surface area contributed by atoms with E-state index in [0.717, 1.165) is 6.08 Å². The number of hydrogen-bond donors (Lipinski definition) is 3. The molecule has 1 aromatic rings. The van der Waals surface area contributed by atoms with Crippen molar-refractivity contribution in [3.05, 3.63) is 42.0 Å². The van der Waals surface area contributed by atoms with E-state index in [1.807, 2.05) is 0 Å². The van der Waals surface area contributed by atoms with Crippen molar-refractivity contribution < 1.29 is 29.6 Å². The lowest BCUT2D eigenvalue weighted by molar-refractivity contribution is -0.131. The Hall–Kier alpha value is -1.89. The minimum atomic E-state index is -1.00. The number of benzene rings is 1. The van der Waals surface area contributed by atoms with E-state index in [2.05, 4.69) is 0 Å². The number of carbonyl (C=O) groups is 1. The number of aliphatic hydroxyl groups excluding tert-OH is 2. The van der Waals surface area contributed by atoms with Gasteiger partial charge < -0.3 is 24.8 Å². The molecule has 1 aromatic carbocycles. The molecule has 22 heavy (non-hydrogen) atoms. The predicted molar refractivity (Wildman–Crippen MR) is 80.8 cm³/mol. The second-order valence-electron chi connectivity index (χ2n) is 4.65. The van der Waals surface area contributed by atoms with Gasteiger partial charge in [-0.3, -0.25) is 0 Å². The fourth-order valence-electron chi connectivity index (χ4n) is 2.06. The van der Waals surface area contributed by atoms with Crippen molar-refractivity contribution in [3.63, 3.8) is 0 Å². The van der Waals surface area contributed by atoms with E-state index in [1.165, 1.54) is 13.2 Å². The van der Waals surface area contributed by atoms with Crippen LogP contribution < -0.4 is 4.74 Å². The summed E-state index contributed by atoms with van der Waals surface area (Å²) < 4.78 is 10.7. The number of hydrogen-bond acceptors (Lipinski definition) is 5. The summed E-state index contributed by atoms with van der Waals surface area (Å²) in [6.07, 6.45) is 2.14. The van der Waals surface area contributed by atoms with Crippen molar-refractivity contribution in [3.8, 4) is 5.75 Å².